The van der Waals surface area contributed by atoms with Gasteiger partial charge >= 0.3 is 11.9 Å². The Kier molecular flexibility index (Phi) is 29.5. The predicted octanol–water partition coefficient (Wildman–Crippen LogP) is 8.80. The van der Waals surface area contributed by atoms with Crippen molar-refractivity contribution in [1.29, 1.82) is 0 Å². The summed E-state index contributed by atoms with van der Waals surface area (Å²) in [6.07, 6.45) is 11.7. The molecule has 8 atom stereocenters. The molecular formula is C49H82NO13P. The van der Waals surface area contributed by atoms with Gasteiger partial charge in [-0.25, -0.2) is 0 Å². The minimum absolute atomic E-state index is 0. The van der Waals surface area contributed by atoms with Gasteiger partial charge < -0.3 is 55.1 Å². The van der Waals surface area contributed by atoms with Gasteiger partial charge in [-0.2, -0.15) is 0 Å². The van der Waals surface area contributed by atoms with Crippen molar-refractivity contribution in [2.45, 2.75) is 185 Å². The topological polar surface area (TPSA) is 249 Å². The Morgan fingerprint density at radius 2 is 0.969 bits per heavy atom. The van der Waals surface area contributed by atoms with Crippen LogP contribution in [-0.4, -0.2) is 93.4 Å². The summed E-state index contributed by atoms with van der Waals surface area (Å²) in [5.74, 6) is -1.65. The molecule has 64 heavy (non-hydrogen) atoms. The Balaban J connectivity index is 0.0000504. The second-order valence-corrected chi connectivity index (χ2v) is 16.2. The molecule has 9 N–H and O–H groups in total. The van der Waals surface area contributed by atoms with Crippen LogP contribution < -0.4 is 11.0 Å². The molecule has 14 nitrogen and oxygen atoms in total. The molecule has 0 aromatic carbocycles. The number of hydrogen-bond acceptors (Lipinski definition) is 13. The maximum Gasteiger partial charge on any atom is 0.306 e. The van der Waals surface area contributed by atoms with Crippen LogP contribution in [0.25, 0.3) is 0 Å². The first-order valence-electron chi connectivity index (χ1n) is 26.3. The zero-order valence-corrected chi connectivity index (χ0v) is 39.1. The van der Waals surface area contributed by atoms with Crippen molar-refractivity contribution in [3.8, 4) is 0 Å². The van der Waals surface area contributed by atoms with E-state index in [1.165, 1.54) is 19.3 Å². The van der Waals surface area contributed by atoms with E-state index in [-0.39, 0.29) is 86.7 Å². The van der Waals surface area contributed by atoms with Gasteiger partial charge in [-0.15, -0.1) is 0 Å². The van der Waals surface area contributed by atoms with E-state index in [4.69, 9.17) is 29.5 Å². The summed E-state index contributed by atoms with van der Waals surface area (Å²) in [4.78, 5) is 38.3. The Morgan fingerprint density at radius 1 is 0.562 bits per heavy atom. The van der Waals surface area contributed by atoms with Crippen molar-refractivity contribution in [1.82, 2.24) is 6.15 Å². The van der Waals surface area contributed by atoms with Crippen molar-refractivity contribution in [2.75, 3.05) is 13.2 Å². The summed E-state index contributed by atoms with van der Waals surface area (Å²) in [7, 11) is -5.54. The average molecular weight is 932 g/mol. The average Bonchev–Trinajstić information content (AvgIpc) is 3.33. The minimum atomic E-state index is -5.54. The molecule has 1 fully saturated rings. The van der Waals surface area contributed by atoms with E-state index < -0.39 is 88.5 Å². The van der Waals surface area contributed by atoms with Gasteiger partial charge in [0.2, 0.25) is 0 Å². The third kappa shape index (κ3) is 31.6. The van der Waals surface area contributed by atoms with Gasteiger partial charge in [0.15, 0.2) is 6.10 Å². The number of esters is 2. The maximum absolute atomic E-state index is 12.9. The molecule has 1 aliphatic carbocycles. The minimum Gasteiger partial charge on any atom is -0.756 e. The molecule has 366 valence electrons. The molecule has 0 aromatic heterocycles. The molecule has 15 heteroatoms. The summed E-state index contributed by atoms with van der Waals surface area (Å²) < 4.78 is 98.2. The molecular weight excluding hydrogens is 842 g/mol. The van der Waals surface area contributed by atoms with E-state index in [1.807, 2.05) is 25.2 Å². The lowest BCUT2D eigenvalue weighted by Crippen LogP contribution is -2.64. The number of aliphatic hydroxyl groups excluding tert-OH is 5. The van der Waals surface area contributed by atoms with Gasteiger partial charge in [0.25, 0.3) is 7.82 Å². The van der Waals surface area contributed by atoms with Gasteiger partial charge in [-0.1, -0.05) is 137 Å². The molecule has 0 saturated heterocycles. The van der Waals surface area contributed by atoms with E-state index in [9.17, 15) is 44.6 Å². The molecule has 0 radical (unpaired) electrons. The number of phosphoric ester groups is 1. The highest BCUT2D eigenvalue weighted by atomic mass is 31.2. The largest absolute Gasteiger partial charge is 0.756 e. The normalized spacial score (nSPS) is 25.2. The van der Waals surface area contributed by atoms with Gasteiger partial charge in [-0.05, 0) is 89.9 Å². The lowest BCUT2D eigenvalue weighted by molar-refractivity contribution is -0.261. The van der Waals surface area contributed by atoms with Crippen LogP contribution in [-0.2, 0) is 32.7 Å². The summed E-state index contributed by atoms with van der Waals surface area (Å²) >= 11 is 0. The summed E-state index contributed by atoms with van der Waals surface area (Å²) in [5, 5.41) is 50.2. The maximum atomic E-state index is 12.9. The summed E-state index contributed by atoms with van der Waals surface area (Å²) in [5.41, 5.74) is 0. The van der Waals surface area contributed by atoms with E-state index in [2.05, 4.69) is 37.3 Å². The number of ether oxygens (including phenoxy) is 2. The van der Waals surface area contributed by atoms with Gasteiger partial charge in [-0.3, -0.25) is 14.2 Å². The van der Waals surface area contributed by atoms with Gasteiger partial charge in [0.05, 0.1) is 17.6 Å². The molecule has 0 amide bonds. The fourth-order valence-corrected chi connectivity index (χ4v) is 6.65. The van der Waals surface area contributed by atoms with Crippen LogP contribution in [0.1, 0.15) is 153 Å². The fraction of sp³-hybridized carbons (Fsp3) is 0.633. The smallest absolute Gasteiger partial charge is 0.306 e. The van der Waals surface area contributed by atoms with Crippen LogP contribution in [0.5, 0.6) is 0 Å². The Hall–Kier alpha value is -3.27. The van der Waals surface area contributed by atoms with E-state index in [0.717, 1.165) is 38.5 Å². The molecule has 0 aromatic rings. The molecule has 0 aliphatic heterocycles. The number of unbranched alkanes of at least 4 members (excludes halogenated alkanes) is 6. The number of hydrogen-bond donors (Lipinski definition) is 6. The van der Waals surface area contributed by atoms with Crippen molar-refractivity contribution < 1.29 is 74.1 Å². The first-order chi connectivity index (χ1) is 33.6. The van der Waals surface area contributed by atoms with Crippen LogP contribution in [0.4, 0.5) is 0 Å². The van der Waals surface area contributed by atoms with Crippen LogP contribution in [0.2, 0.25) is 0 Å². The van der Waals surface area contributed by atoms with E-state index in [0.29, 0.717) is 25.7 Å². The third-order valence-corrected chi connectivity index (χ3v) is 10.3. The molecule has 0 bridgehead atoms. The highest BCUT2D eigenvalue weighted by Crippen LogP contribution is 2.43. The van der Waals surface area contributed by atoms with Gasteiger partial charge in [0.1, 0.15) is 43.2 Å². The molecule has 0 heterocycles. The second kappa shape index (κ2) is 40.0. The highest BCUT2D eigenvalue weighted by molar-refractivity contribution is 7.45. The Bertz CT molecular complexity index is 1900. The highest BCUT2D eigenvalue weighted by Gasteiger charge is 2.50. The first-order valence-corrected chi connectivity index (χ1v) is 23.7. The van der Waals surface area contributed by atoms with Crippen molar-refractivity contribution >= 4 is 19.8 Å². The number of carbonyl (C=O) groups excluding carboxylic acids is 2. The molecule has 1 aliphatic rings. The zero-order valence-electron chi connectivity index (χ0n) is 46.2. The van der Waals surface area contributed by atoms with E-state index >= 15 is 0 Å². The molecule has 1 saturated carbocycles. The van der Waals surface area contributed by atoms with Crippen molar-refractivity contribution in [3.05, 3.63) is 97.0 Å². The summed E-state index contributed by atoms with van der Waals surface area (Å²) in [6, 6.07) is -1.93. The van der Waals surface area contributed by atoms with Crippen LogP contribution in [0.15, 0.2) is 97.0 Å². The van der Waals surface area contributed by atoms with Crippen molar-refractivity contribution in [3.63, 3.8) is 0 Å². The quantitative estimate of drug-likeness (QED) is 0.0149. The molecule has 1 rings (SSSR count). The number of allylic oxidation sites excluding steroid dienone is 16. The second-order valence-electron chi connectivity index (χ2n) is 14.8. The number of aliphatic hydroxyl groups is 5. The van der Waals surface area contributed by atoms with Crippen molar-refractivity contribution in [2.24, 2.45) is 0 Å². The lowest BCUT2D eigenvalue weighted by Gasteiger charge is -2.43. The number of phosphoric acid groups is 1. The predicted molar refractivity (Wildman–Crippen MR) is 252 cm³/mol. The van der Waals surface area contributed by atoms with Gasteiger partial charge in [0, 0.05) is 12.8 Å². The Labute approximate surface area is 394 Å². The summed E-state index contributed by atoms with van der Waals surface area (Å²) in [6.45, 7) is 2.53. The number of carbonyl (C=O) groups is 2. The SMILES string of the molecule is [2H]/C(CCCCC)=C(\[2H])C/C([2H])=C(/[2H])C/C([2H])=C(/[2H])C/C([2H])=C(/[2H])CCCC(=O)O[C@H](COC(=O)CCC/C=C\C/C=C\C/C=C\C/C=C\CCCCC)COP(=O)([O-])OC1[C@H](O)[C@H](O)C(O)[C@H](O)[C@H]1O.[NH4+]. The number of quaternary nitrogens is 1. The lowest BCUT2D eigenvalue weighted by atomic mass is 9.85. The van der Waals surface area contributed by atoms with Crippen LogP contribution >= 0.6 is 7.82 Å². The first kappa shape index (κ1) is 47.2. The molecule has 3 unspecified atom stereocenters. The zero-order chi connectivity index (χ0) is 53.4. The fourth-order valence-electron chi connectivity index (χ4n) is 5.69. The standard InChI is InChI=1S/C49H79O13P.H3N/c1-3-5-7-9-11-13-15-17-19-21-23-25-27-29-31-33-35-37-42(50)59-39-41(40-60-63(57,58)62-49-47(55)45(53)44(52)46(54)48(49)56)61-43(51)38-36-34-32-30-28-26-24-22-20-18-16-14-12-10-8-6-4-2;/h11-14,17-20,23-26,29-32,41,44-49,52-56H,3-10,15-16,21-22,27-28,33-40H2,1-2H3,(H,57,58);1H3/b13-11-,14-12-,19-17-,20-18-,25-23-,26-24-,31-29-,32-30-;/t41-,44?,45-,46+,47-,48-,49?;/m1./s1/i12D,14D,18D,20D,24D,26D,30D,32D;. The molecule has 0 spiro atoms. The Morgan fingerprint density at radius 3 is 1.48 bits per heavy atom. The monoisotopic (exact) mass is 932 g/mol. The van der Waals surface area contributed by atoms with Crippen LogP contribution in [0.3, 0.4) is 0 Å². The van der Waals surface area contributed by atoms with Crippen LogP contribution in [0, 0.1) is 0 Å². The number of rotatable bonds is 36. The van der Waals surface area contributed by atoms with E-state index in [1.54, 1.807) is 0 Å². The third-order valence-electron chi connectivity index (χ3n) is 9.30.